The average molecular weight is 151 g/mol. The van der Waals surface area contributed by atoms with Crippen LogP contribution in [0, 0.1) is 0 Å². The monoisotopic (exact) mass is 151 g/mol. The van der Waals surface area contributed by atoms with E-state index in [9.17, 15) is 0 Å². The summed E-state index contributed by atoms with van der Waals surface area (Å²) in [6.07, 6.45) is 0. The van der Waals surface area contributed by atoms with Crippen LogP contribution in [0.5, 0.6) is 0 Å². The molecule has 0 atom stereocenters. The highest BCUT2D eigenvalue weighted by Gasteiger charge is 1.96. The van der Waals surface area contributed by atoms with Crippen molar-refractivity contribution in [2.45, 2.75) is 13.2 Å². The van der Waals surface area contributed by atoms with Crippen molar-refractivity contribution in [2.24, 2.45) is 5.73 Å². The highest BCUT2D eigenvalue weighted by Crippen LogP contribution is 2.08. The normalized spacial score (nSPS) is 10.0. The fraction of sp³-hybridized carbons (Fsp3) is 0.333. The Morgan fingerprint density at radius 2 is 1.91 bits per heavy atom. The van der Waals surface area contributed by atoms with Gasteiger partial charge in [-0.2, -0.15) is 0 Å². The van der Waals surface area contributed by atoms with E-state index in [1.807, 2.05) is 24.3 Å². The van der Waals surface area contributed by atoms with Gasteiger partial charge in [-0.05, 0) is 11.1 Å². The first-order valence-electron chi connectivity index (χ1n) is 3.64. The molecular formula is C9H13NO. The summed E-state index contributed by atoms with van der Waals surface area (Å²) in [6, 6.07) is 8.04. The number of methoxy groups -OCH3 is 1. The van der Waals surface area contributed by atoms with E-state index >= 15 is 0 Å². The van der Waals surface area contributed by atoms with Crippen LogP contribution in [0.4, 0.5) is 0 Å². The lowest BCUT2D eigenvalue weighted by atomic mass is 10.1. The van der Waals surface area contributed by atoms with Gasteiger partial charge in [-0.3, -0.25) is 0 Å². The Hall–Kier alpha value is -0.860. The van der Waals surface area contributed by atoms with E-state index < -0.39 is 0 Å². The van der Waals surface area contributed by atoms with Crippen molar-refractivity contribution in [3.63, 3.8) is 0 Å². The first-order chi connectivity index (χ1) is 5.38. The Morgan fingerprint density at radius 3 is 2.45 bits per heavy atom. The molecule has 0 amide bonds. The van der Waals surface area contributed by atoms with Gasteiger partial charge in [-0.1, -0.05) is 24.3 Å². The maximum atomic E-state index is 5.53. The summed E-state index contributed by atoms with van der Waals surface area (Å²) in [4.78, 5) is 0. The van der Waals surface area contributed by atoms with Gasteiger partial charge in [-0.15, -0.1) is 0 Å². The number of hydrogen-bond acceptors (Lipinski definition) is 2. The van der Waals surface area contributed by atoms with Crippen LogP contribution in [-0.4, -0.2) is 7.11 Å². The van der Waals surface area contributed by atoms with Crippen LogP contribution in [0.25, 0.3) is 0 Å². The number of hydrogen-bond donors (Lipinski definition) is 1. The minimum atomic E-state index is 0.583. The topological polar surface area (TPSA) is 35.2 Å². The molecule has 1 aromatic carbocycles. The number of rotatable bonds is 3. The molecule has 0 fully saturated rings. The molecule has 11 heavy (non-hydrogen) atoms. The summed E-state index contributed by atoms with van der Waals surface area (Å²) in [7, 11) is 1.69. The van der Waals surface area contributed by atoms with Crippen LogP contribution in [0.2, 0.25) is 0 Å². The van der Waals surface area contributed by atoms with Gasteiger partial charge in [0.25, 0.3) is 0 Å². The second kappa shape index (κ2) is 4.11. The van der Waals surface area contributed by atoms with E-state index in [1.165, 1.54) is 5.56 Å². The van der Waals surface area contributed by atoms with E-state index in [0.29, 0.717) is 13.2 Å². The number of nitrogens with two attached hydrogens (primary N) is 1. The first-order valence-corrected chi connectivity index (χ1v) is 3.64. The van der Waals surface area contributed by atoms with Crippen LogP contribution in [0.1, 0.15) is 11.1 Å². The third kappa shape index (κ3) is 2.03. The zero-order valence-electron chi connectivity index (χ0n) is 6.71. The van der Waals surface area contributed by atoms with Crippen LogP contribution in [-0.2, 0) is 17.9 Å². The maximum absolute atomic E-state index is 5.53. The molecule has 0 aromatic heterocycles. The average Bonchev–Trinajstić information content (AvgIpc) is 2.06. The largest absolute Gasteiger partial charge is 0.380 e. The Kier molecular flexibility index (Phi) is 3.08. The lowest BCUT2D eigenvalue weighted by Gasteiger charge is -2.04. The Bertz CT molecular complexity index is 223. The fourth-order valence-corrected chi connectivity index (χ4v) is 1.05. The van der Waals surface area contributed by atoms with E-state index in [-0.39, 0.29) is 0 Å². The summed E-state index contributed by atoms with van der Waals surface area (Å²) in [5.41, 5.74) is 7.87. The van der Waals surface area contributed by atoms with Crippen LogP contribution >= 0.6 is 0 Å². The zero-order valence-corrected chi connectivity index (χ0v) is 6.71. The molecule has 0 heterocycles. The van der Waals surface area contributed by atoms with Crippen molar-refractivity contribution >= 4 is 0 Å². The molecule has 0 spiro atoms. The second-order valence-corrected chi connectivity index (χ2v) is 2.41. The molecule has 0 radical (unpaired) electrons. The Morgan fingerprint density at radius 1 is 1.27 bits per heavy atom. The molecule has 2 N–H and O–H groups in total. The van der Waals surface area contributed by atoms with Crippen LogP contribution < -0.4 is 5.73 Å². The predicted octanol–water partition coefficient (Wildman–Crippen LogP) is 1.29. The van der Waals surface area contributed by atoms with Crippen molar-refractivity contribution < 1.29 is 4.74 Å². The van der Waals surface area contributed by atoms with Crippen LogP contribution in [0.15, 0.2) is 24.3 Å². The van der Waals surface area contributed by atoms with Gasteiger partial charge < -0.3 is 10.5 Å². The highest BCUT2D eigenvalue weighted by atomic mass is 16.5. The van der Waals surface area contributed by atoms with E-state index in [0.717, 1.165) is 5.56 Å². The lowest BCUT2D eigenvalue weighted by molar-refractivity contribution is 0.184. The first kappa shape index (κ1) is 8.24. The summed E-state index contributed by atoms with van der Waals surface area (Å²) in [5, 5.41) is 0. The van der Waals surface area contributed by atoms with Gasteiger partial charge in [-0.25, -0.2) is 0 Å². The smallest absolute Gasteiger partial charge is 0.0716 e. The Labute approximate surface area is 67.0 Å². The van der Waals surface area contributed by atoms with Crippen molar-refractivity contribution in [1.29, 1.82) is 0 Å². The quantitative estimate of drug-likeness (QED) is 0.706. The van der Waals surface area contributed by atoms with Gasteiger partial charge >= 0.3 is 0 Å². The van der Waals surface area contributed by atoms with Gasteiger partial charge in [0.2, 0.25) is 0 Å². The van der Waals surface area contributed by atoms with E-state index in [4.69, 9.17) is 10.5 Å². The van der Waals surface area contributed by atoms with Crippen molar-refractivity contribution in [3.05, 3.63) is 35.4 Å². The predicted molar refractivity (Wildman–Crippen MR) is 45.0 cm³/mol. The van der Waals surface area contributed by atoms with Crippen molar-refractivity contribution in [1.82, 2.24) is 0 Å². The van der Waals surface area contributed by atoms with Crippen molar-refractivity contribution in [2.75, 3.05) is 7.11 Å². The molecule has 0 saturated carbocycles. The maximum Gasteiger partial charge on any atom is 0.0716 e. The third-order valence-corrected chi connectivity index (χ3v) is 1.64. The molecule has 2 nitrogen and oxygen atoms in total. The van der Waals surface area contributed by atoms with Crippen LogP contribution in [0.3, 0.4) is 0 Å². The zero-order chi connectivity index (χ0) is 8.10. The second-order valence-electron chi connectivity index (χ2n) is 2.41. The molecule has 0 aliphatic heterocycles. The fourth-order valence-electron chi connectivity index (χ4n) is 1.05. The SMILES string of the molecule is COCc1ccccc1CN. The standard InChI is InChI=1S/C9H13NO/c1-11-7-9-5-3-2-4-8(9)6-10/h2-5H,6-7,10H2,1H3. The molecular weight excluding hydrogens is 138 g/mol. The van der Waals surface area contributed by atoms with Crippen molar-refractivity contribution in [3.8, 4) is 0 Å². The van der Waals surface area contributed by atoms with Gasteiger partial charge in [0.05, 0.1) is 6.61 Å². The molecule has 0 aliphatic rings. The lowest BCUT2D eigenvalue weighted by Crippen LogP contribution is -2.01. The van der Waals surface area contributed by atoms with Gasteiger partial charge in [0, 0.05) is 13.7 Å². The summed E-state index contributed by atoms with van der Waals surface area (Å²) in [5.74, 6) is 0. The molecule has 0 unspecified atom stereocenters. The summed E-state index contributed by atoms with van der Waals surface area (Å²) in [6.45, 7) is 1.23. The van der Waals surface area contributed by atoms with E-state index in [2.05, 4.69) is 0 Å². The van der Waals surface area contributed by atoms with Gasteiger partial charge in [0.1, 0.15) is 0 Å². The summed E-state index contributed by atoms with van der Waals surface area (Å²) < 4.78 is 5.01. The number of ether oxygens (including phenoxy) is 1. The minimum Gasteiger partial charge on any atom is -0.380 e. The molecule has 0 bridgehead atoms. The third-order valence-electron chi connectivity index (χ3n) is 1.64. The van der Waals surface area contributed by atoms with E-state index in [1.54, 1.807) is 7.11 Å². The molecule has 0 aliphatic carbocycles. The Balaban J connectivity index is 2.83. The molecule has 1 aromatic rings. The molecule has 1 rings (SSSR count). The number of benzene rings is 1. The molecule has 0 saturated heterocycles. The molecule has 2 heteroatoms. The highest BCUT2D eigenvalue weighted by molar-refractivity contribution is 5.26. The molecule has 60 valence electrons. The van der Waals surface area contributed by atoms with Gasteiger partial charge in [0.15, 0.2) is 0 Å². The minimum absolute atomic E-state index is 0.583. The summed E-state index contributed by atoms with van der Waals surface area (Å²) >= 11 is 0.